The molecule has 0 saturated heterocycles. The molecular formula is C11H12N4OS3. The number of nitrogen functional groups attached to an aromatic ring is 1. The van der Waals surface area contributed by atoms with E-state index in [9.17, 15) is 4.79 Å². The van der Waals surface area contributed by atoms with Crippen LogP contribution in [0.4, 0.5) is 0 Å². The Labute approximate surface area is 123 Å². The summed E-state index contributed by atoms with van der Waals surface area (Å²) in [5.74, 6) is 5.59. The van der Waals surface area contributed by atoms with E-state index in [1.165, 1.54) is 0 Å². The van der Waals surface area contributed by atoms with Gasteiger partial charge in [0.15, 0.2) is 8.68 Å². The van der Waals surface area contributed by atoms with Crippen molar-refractivity contribution < 1.29 is 4.79 Å². The fraction of sp³-hybridized carbons (Fsp3) is 0.182. The highest BCUT2D eigenvalue weighted by Gasteiger charge is 2.06. The van der Waals surface area contributed by atoms with E-state index in [0.717, 1.165) is 20.0 Å². The fourth-order valence-electron chi connectivity index (χ4n) is 1.32. The number of hydrogen-bond acceptors (Lipinski definition) is 7. The van der Waals surface area contributed by atoms with Crippen LogP contribution in [0.1, 0.15) is 15.9 Å². The lowest BCUT2D eigenvalue weighted by Gasteiger charge is -2.02. The van der Waals surface area contributed by atoms with Crippen LogP contribution in [-0.4, -0.2) is 22.4 Å². The van der Waals surface area contributed by atoms with Crippen LogP contribution in [0.5, 0.6) is 0 Å². The van der Waals surface area contributed by atoms with E-state index in [1.807, 2.05) is 18.4 Å². The van der Waals surface area contributed by atoms with Gasteiger partial charge >= 0.3 is 0 Å². The summed E-state index contributed by atoms with van der Waals surface area (Å²) in [7, 11) is 0. The van der Waals surface area contributed by atoms with Gasteiger partial charge in [-0.05, 0) is 24.0 Å². The van der Waals surface area contributed by atoms with E-state index in [4.69, 9.17) is 5.84 Å². The Balaban J connectivity index is 1.94. The number of nitrogens with two attached hydrogens (primary N) is 1. The number of hydrazine groups is 1. The number of benzene rings is 1. The zero-order chi connectivity index (χ0) is 13.7. The second-order valence-electron chi connectivity index (χ2n) is 3.50. The highest BCUT2D eigenvalue weighted by molar-refractivity contribution is 8.02. The quantitative estimate of drug-likeness (QED) is 0.381. The standard InChI is InChI=1S/C11H12N4OS3/c1-17-10-14-15-11(19-10)18-6-7-2-4-8(5-3-7)9(16)13-12/h2-5H,6,12H2,1H3,(H,13,16). The van der Waals surface area contributed by atoms with Gasteiger partial charge in [0.25, 0.3) is 5.91 Å². The lowest BCUT2D eigenvalue weighted by molar-refractivity contribution is 0.0953. The first kappa shape index (κ1) is 14.3. The smallest absolute Gasteiger partial charge is 0.265 e. The molecule has 2 aromatic rings. The van der Waals surface area contributed by atoms with Gasteiger partial charge in [-0.3, -0.25) is 10.2 Å². The van der Waals surface area contributed by atoms with Crippen molar-refractivity contribution in [2.45, 2.75) is 14.4 Å². The lowest BCUT2D eigenvalue weighted by atomic mass is 10.1. The third kappa shape index (κ3) is 3.93. The Kier molecular flexibility index (Phi) is 5.20. The molecule has 0 saturated carbocycles. The normalized spacial score (nSPS) is 10.4. The first-order valence-electron chi connectivity index (χ1n) is 5.33. The molecule has 2 rings (SSSR count). The van der Waals surface area contributed by atoms with Crippen molar-refractivity contribution in [3.63, 3.8) is 0 Å². The Morgan fingerprint density at radius 1 is 1.32 bits per heavy atom. The maximum Gasteiger partial charge on any atom is 0.265 e. The van der Waals surface area contributed by atoms with Gasteiger partial charge in [-0.25, -0.2) is 5.84 Å². The fourth-order valence-corrected chi connectivity index (χ4v) is 3.71. The second kappa shape index (κ2) is 6.90. The number of carbonyl (C=O) groups is 1. The van der Waals surface area contributed by atoms with Gasteiger partial charge in [-0.1, -0.05) is 47.0 Å². The molecule has 0 aliphatic carbocycles. The van der Waals surface area contributed by atoms with E-state index in [1.54, 1.807) is 47.0 Å². The van der Waals surface area contributed by atoms with Crippen LogP contribution in [-0.2, 0) is 5.75 Å². The van der Waals surface area contributed by atoms with Gasteiger partial charge in [0, 0.05) is 11.3 Å². The van der Waals surface area contributed by atoms with Crippen molar-refractivity contribution in [1.82, 2.24) is 15.6 Å². The van der Waals surface area contributed by atoms with E-state index < -0.39 is 0 Å². The molecule has 3 N–H and O–H groups in total. The highest BCUT2D eigenvalue weighted by atomic mass is 32.2. The molecule has 0 radical (unpaired) electrons. The summed E-state index contributed by atoms with van der Waals surface area (Å²) in [4.78, 5) is 11.3. The van der Waals surface area contributed by atoms with Crippen LogP contribution in [0.15, 0.2) is 32.9 Å². The van der Waals surface area contributed by atoms with Crippen molar-refractivity contribution in [1.29, 1.82) is 0 Å². The molecule has 1 heterocycles. The topological polar surface area (TPSA) is 80.9 Å². The summed E-state index contributed by atoms with van der Waals surface area (Å²) >= 11 is 4.82. The first-order chi connectivity index (χ1) is 9.22. The molecule has 8 heteroatoms. The minimum Gasteiger partial charge on any atom is -0.290 e. The maximum atomic E-state index is 11.3. The molecule has 0 spiro atoms. The molecule has 1 amide bonds. The second-order valence-corrected chi connectivity index (χ2v) is 6.75. The van der Waals surface area contributed by atoms with Gasteiger partial charge in [-0.15, -0.1) is 10.2 Å². The molecule has 0 aliphatic heterocycles. The third-order valence-electron chi connectivity index (χ3n) is 2.27. The number of aromatic nitrogens is 2. The summed E-state index contributed by atoms with van der Waals surface area (Å²) in [5.41, 5.74) is 3.78. The van der Waals surface area contributed by atoms with Crippen molar-refractivity contribution in [3.05, 3.63) is 35.4 Å². The number of thioether (sulfide) groups is 2. The van der Waals surface area contributed by atoms with Crippen LogP contribution in [0.25, 0.3) is 0 Å². The van der Waals surface area contributed by atoms with E-state index in [0.29, 0.717) is 5.56 Å². The van der Waals surface area contributed by atoms with Gasteiger partial charge in [0.1, 0.15) is 0 Å². The summed E-state index contributed by atoms with van der Waals surface area (Å²) < 4.78 is 1.92. The maximum absolute atomic E-state index is 11.3. The average Bonchev–Trinajstić information content (AvgIpc) is 2.93. The largest absolute Gasteiger partial charge is 0.290 e. The van der Waals surface area contributed by atoms with Crippen LogP contribution in [0.2, 0.25) is 0 Å². The monoisotopic (exact) mass is 312 g/mol. The molecule has 0 bridgehead atoms. The van der Waals surface area contributed by atoms with Crippen molar-refractivity contribution in [2.24, 2.45) is 5.84 Å². The Hall–Kier alpha value is -1.09. The molecule has 19 heavy (non-hydrogen) atoms. The van der Waals surface area contributed by atoms with Gasteiger partial charge in [-0.2, -0.15) is 0 Å². The number of nitrogens with zero attached hydrogens (tertiary/aromatic N) is 2. The highest BCUT2D eigenvalue weighted by Crippen LogP contribution is 2.29. The predicted octanol–water partition coefficient (Wildman–Crippen LogP) is 2.16. The number of carbonyl (C=O) groups excluding carboxylic acids is 1. The van der Waals surface area contributed by atoms with Gasteiger partial charge in [0.05, 0.1) is 0 Å². The number of nitrogens with one attached hydrogen (secondary N) is 1. The SMILES string of the molecule is CSc1nnc(SCc2ccc(C(=O)NN)cc2)s1. The van der Waals surface area contributed by atoms with E-state index >= 15 is 0 Å². The van der Waals surface area contributed by atoms with Gasteiger partial charge in [0.2, 0.25) is 0 Å². The van der Waals surface area contributed by atoms with Crippen molar-refractivity contribution in [2.75, 3.05) is 6.26 Å². The van der Waals surface area contributed by atoms with Crippen molar-refractivity contribution >= 4 is 40.8 Å². The minimum absolute atomic E-state index is 0.284. The van der Waals surface area contributed by atoms with E-state index in [2.05, 4.69) is 15.6 Å². The van der Waals surface area contributed by atoms with Crippen LogP contribution < -0.4 is 11.3 Å². The summed E-state index contributed by atoms with van der Waals surface area (Å²) in [6, 6.07) is 7.33. The number of amides is 1. The molecular weight excluding hydrogens is 300 g/mol. The molecule has 0 unspecified atom stereocenters. The average molecular weight is 312 g/mol. The third-order valence-corrected chi connectivity index (χ3v) is 5.38. The molecule has 100 valence electrons. The zero-order valence-corrected chi connectivity index (χ0v) is 12.6. The molecule has 0 aliphatic rings. The summed E-state index contributed by atoms with van der Waals surface area (Å²) in [6.07, 6.45) is 1.98. The Morgan fingerprint density at radius 2 is 2.00 bits per heavy atom. The van der Waals surface area contributed by atoms with E-state index in [-0.39, 0.29) is 5.91 Å². The van der Waals surface area contributed by atoms with Crippen molar-refractivity contribution in [3.8, 4) is 0 Å². The number of hydrogen-bond donors (Lipinski definition) is 2. The van der Waals surface area contributed by atoms with Crippen LogP contribution in [0, 0.1) is 0 Å². The molecule has 0 fully saturated rings. The predicted molar refractivity (Wildman–Crippen MR) is 79.3 cm³/mol. The lowest BCUT2D eigenvalue weighted by Crippen LogP contribution is -2.29. The number of rotatable bonds is 5. The molecule has 5 nitrogen and oxygen atoms in total. The zero-order valence-electron chi connectivity index (χ0n) is 10.1. The Morgan fingerprint density at radius 3 is 2.58 bits per heavy atom. The Bertz CT molecular complexity index is 555. The molecule has 1 aromatic carbocycles. The summed E-state index contributed by atoms with van der Waals surface area (Å²) in [5, 5.41) is 8.13. The molecule has 0 atom stereocenters. The van der Waals surface area contributed by atoms with Gasteiger partial charge < -0.3 is 0 Å². The summed E-state index contributed by atoms with van der Waals surface area (Å²) in [6.45, 7) is 0. The van der Waals surface area contributed by atoms with Crippen LogP contribution >= 0.6 is 34.9 Å². The first-order valence-corrected chi connectivity index (χ1v) is 8.36. The van der Waals surface area contributed by atoms with Crippen LogP contribution in [0.3, 0.4) is 0 Å². The minimum atomic E-state index is -0.284. The molecule has 1 aromatic heterocycles.